The van der Waals surface area contributed by atoms with Gasteiger partial charge >= 0.3 is 0 Å². The summed E-state index contributed by atoms with van der Waals surface area (Å²) in [4.78, 5) is 6.24. The van der Waals surface area contributed by atoms with Gasteiger partial charge in [-0.15, -0.1) is 0 Å². The first-order valence-corrected chi connectivity index (χ1v) is 6.22. The molecule has 2 N–H and O–H groups in total. The monoisotopic (exact) mass is 309 g/mol. The number of benzene rings is 1. The highest BCUT2D eigenvalue weighted by Gasteiger charge is 2.08. The van der Waals surface area contributed by atoms with E-state index in [1.807, 2.05) is 18.0 Å². The lowest BCUT2D eigenvalue weighted by molar-refractivity contribution is 0.627. The molecule has 0 aliphatic heterocycles. The van der Waals surface area contributed by atoms with Crippen LogP contribution in [-0.2, 0) is 6.54 Å². The van der Waals surface area contributed by atoms with Gasteiger partial charge < -0.3 is 10.6 Å². The van der Waals surface area contributed by atoms with Crippen molar-refractivity contribution in [2.24, 2.45) is 0 Å². The van der Waals surface area contributed by atoms with Crippen molar-refractivity contribution in [3.05, 3.63) is 52.4 Å². The zero-order chi connectivity index (χ0) is 13.1. The number of pyridine rings is 1. The fourth-order valence-electron chi connectivity index (χ4n) is 1.66. The lowest BCUT2D eigenvalue weighted by atomic mass is 10.2. The number of nitrogens with zero attached hydrogens (tertiary/aromatic N) is 2. The molecular formula is C13H13BrFN3. The zero-order valence-corrected chi connectivity index (χ0v) is 11.5. The summed E-state index contributed by atoms with van der Waals surface area (Å²) in [6.45, 7) is 0.649. The summed E-state index contributed by atoms with van der Waals surface area (Å²) in [7, 11) is 1.92. The van der Waals surface area contributed by atoms with Crippen LogP contribution in [0.25, 0.3) is 0 Å². The number of anilines is 2. The molecule has 94 valence electrons. The van der Waals surface area contributed by atoms with E-state index in [1.54, 1.807) is 18.3 Å². The number of aromatic nitrogens is 1. The van der Waals surface area contributed by atoms with Crippen molar-refractivity contribution in [3.8, 4) is 0 Å². The SMILES string of the molecule is CN(Cc1ccc(F)cc1)c1ncc(N)cc1Br. The van der Waals surface area contributed by atoms with Crippen LogP contribution in [0.3, 0.4) is 0 Å². The molecule has 3 nitrogen and oxygen atoms in total. The molecule has 0 atom stereocenters. The molecule has 0 bridgehead atoms. The Labute approximate surface area is 114 Å². The van der Waals surface area contributed by atoms with Gasteiger partial charge in [0.05, 0.1) is 16.4 Å². The molecule has 1 heterocycles. The van der Waals surface area contributed by atoms with Gasteiger partial charge in [-0.1, -0.05) is 12.1 Å². The second kappa shape index (κ2) is 5.35. The molecule has 0 saturated carbocycles. The fourth-order valence-corrected chi connectivity index (χ4v) is 2.33. The second-order valence-corrected chi connectivity index (χ2v) is 4.91. The summed E-state index contributed by atoms with van der Waals surface area (Å²) in [6.07, 6.45) is 1.61. The largest absolute Gasteiger partial charge is 0.397 e. The zero-order valence-electron chi connectivity index (χ0n) is 9.90. The minimum atomic E-state index is -0.229. The molecule has 2 rings (SSSR count). The molecule has 0 aliphatic rings. The first-order chi connectivity index (χ1) is 8.56. The third-order valence-electron chi connectivity index (χ3n) is 2.54. The lowest BCUT2D eigenvalue weighted by Crippen LogP contribution is -2.18. The highest BCUT2D eigenvalue weighted by molar-refractivity contribution is 9.10. The molecule has 0 spiro atoms. The first-order valence-electron chi connectivity index (χ1n) is 5.43. The van der Waals surface area contributed by atoms with Gasteiger partial charge in [-0.2, -0.15) is 0 Å². The van der Waals surface area contributed by atoms with E-state index >= 15 is 0 Å². The van der Waals surface area contributed by atoms with Crippen LogP contribution in [0.2, 0.25) is 0 Å². The van der Waals surface area contributed by atoms with E-state index in [9.17, 15) is 4.39 Å². The van der Waals surface area contributed by atoms with E-state index < -0.39 is 0 Å². The average Bonchev–Trinajstić information content (AvgIpc) is 2.32. The van der Waals surface area contributed by atoms with Gasteiger partial charge in [0.2, 0.25) is 0 Å². The Morgan fingerprint density at radius 2 is 2.00 bits per heavy atom. The van der Waals surface area contributed by atoms with Crippen molar-refractivity contribution in [1.29, 1.82) is 0 Å². The Bertz CT molecular complexity index is 542. The third kappa shape index (κ3) is 2.98. The Morgan fingerprint density at radius 3 is 2.61 bits per heavy atom. The average molecular weight is 310 g/mol. The van der Waals surface area contributed by atoms with Gasteiger partial charge in [0.15, 0.2) is 0 Å². The number of nitrogen functional groups attached to an aromatic ring is 1. The molecule has 2 aromatic rings. The maximum absolute atomic E-state index is 12.8. The van der Waals surface area contributed by atoms with Gasteiger partial charge in [0.25, 0.3) is 0 Å². The molecule has 0 saturated heterocycles. The lowest BCUT2D eigenvalue weighted by Gasteiger charge is -2.19. The maximum Gasteiger partial charge on any atom is 0.143 e. The molecule has 0 amide bonds. The van der Waals surface area contributed by atoms with Gasteiger partial charge in [-0.05, 0) is 39.7 Å². The van der Waals surface area contributed by atoms with Crippen LogP contribution < -0.4 is 10.6 Å². The van der Waals surface area contributed by atoms with Crippen LogP contribution in [-0.4, -0.2) is 12.0 Å². The predicted molar refractivity (Wildman–Crippen MR) is 74.9 cm³/mol. The summed E-state index contributed by atoms with van der Waals surface area (Å²) in [5.41, 5.74) is 7.27. The van der Waals surface area contributed by atoms with Gasteiger partial charge in [0.1, 0.15) is 11.6 Å². The van der Waals surface area contributed by atoms with Gasteiger partial charge in [-0.25, -0.2) is 9.37 Å². The minimum Gasteiger partial charge on any atom is -0.397 e. The van der Waals surface area contributed by atoms with Crippen LogP contribution in [0.15, 0.2) is 41.0 Å². The quantitative estimate of drug-likeness (QED) is 0.946. The molecule has 0 radical (unpaired) electrons. The van der Waals surface area contributed by atoms with E-state index in [4.69, 9.17) is 5.73 Å². The molecular weight excluding hydrogens is 297 g/mol. The molecule has 0 fully saturated rings. The topological polar surface area (TPSA) is 42.2 Å². The summed E-state index contributed by atoms with van der Waals surface area (Å²) in [6, 6.07) is 8.24. The third-order valence-corrected chi connectivity index (χ3v) is 3.12. The number of nitrogens with two attached hydrogens (primary N) is 1. The van der Waals surface area contributed by atoms with Crippen molar-refractivity contribution < 1.29 is 4.39 Å². The number of hydrogen-bond donors (Lipinski definition) is 1. The number of rotatable bonds is 3. The van der Waals surface area contributed by atoms with Crippen LogP contribution in [0, 0.1) is 5.82 Å². The smallest absolute Gasteiger partial charge is 0.143 e. The Hall–Kier alpha value is -1.62. The van der Waals surface area contributed by atoms with E-state index in [1.165, 1.54) is 12.1 Å². The molecule has 18 heavy (non-hydrogen) atoms. The second-order valence-electron chi connectivity index (χ2n) is 4.06. The van der Waals surface area contributed by atoms with Crippen molar-refractivity contribution in [1.82, 2.24) is 4.98 Å². The van der Waals surface area contributed by atoms with E-state index in [2.05, 4.69) is 20.9 Å². The minimum absolute atomic E-state index is 0.229. The number of halogens is 2. The summed E-state index contributed by atoms with van der Waals surface area (Å²) in [5.74, 6) is 0.571. The molecule has 1 aromatic carbocycles. The molecule has 1 aromatic heterocycles. The Morgan fingerprint density at radius 1 is 1.33 bits per heavy atom. The molecule has 0 unspecified atom stereocenters. The highest BCUT2D eigenvalue weighted by atomic mass is 79.9. The molecule has 5 heteroatoms. The molecule has 0 aliphatic carbocycles. The van der Waals surface area contributed by atoms with Crippen LogP contribution >= 0.6 is 15.9 Å². The van der Waals surface area contributed by atoms with Crippen molar-refractivity contribution in [2.45, 2.75) is 6.54 Å². The Balaban J connectivity index is 2.16. The summed E-state index contributed by atoms with van der Waals surface area (Å²) < 4.78 is 13.6. The maximum atomic E-state index is 12.8. The van der Waals surface area contributed by atoms with Crippen molar-refractivity contribution in [3.63, 3.8) is 0 Å². The van der Waals surface area contributed by atoms with Gasteiger partial charge in [-0.3, -0.25) is 0 Å². The summed E-state index contributed by atoms with van der Waals surface area (Å²) >= 11 is 3.43. The Kier molecular flexibility index (Phi) is 3.81. The summed E-state index contributed by atoms with van der Waals surface area (Å²) in [5, 5.41) is 0. The number of hydrogen-bond acceptors (Lipinski definition) is 3. The van der Waals surface area contributed by atoms with Gasteiger partial charge in [0, 0.05) is 13.6 Å². The van der Waals surface area contributed by atoms with Crippen molar-refractivity contribution >= 4 is 27.4 Å². The predicted octanol–water partition coefficient (Wildman–Crippen LogP) is 3.20. The highest BCUT2D eigenvalue weighted by Crippen LogP contribution is 2.25. The van der Waals surface area contributed by atoms with Crippen LogP contribution in [0.1, 0.15) is 5.56 Å². The van der Waals surface area contributed by atoms with E-state index in [0.29, 0.717) is 12.2 Å². The standard InChI is InChI=1S/C13H13BrFN3/c1-18(8-9-2-4-10(15)5-3-9)13-12(14)6-11(16)7-17-13/h2-7H,8,16H2,1H3. The van der Waals surface area contributed by atoms with Crippen LogP contribution in [0.4, 0.5) is 15.9 Å². The fraction of sp³-hybridized carbons (Fsp3) is 0.154. The van der Waals surface area contributed by atoms with Crippen LogP contribution in [0.5, 0.6) is 0 Å². The van der Waals surface area contributed by atoms with Crippen molar-refractivity contribution in [2.75, 3.05) is 17.7 Å². The van der Waals surface area contributed by atoms with E-state index in [-0.39, 0.29) is 5.82 Å². The first kappa shape index (κ1) is 12.8. The van der Waals surface area contributed by atoms with E-state index in [0.717, 1.165) is 15.9 Å². The normalized spacial score (nSPS) is 10.4.